The number of halogens is 4. The van der Waals surface area contributed by atoms with Crippen molar-refractivity contribution in [2.45, 2.75) is 43.9 Å². The Morgan fingerprint density at radius 3 is 2.67 bits per heavy atom. The molecule has 5 nitrogen and oxygen atoms in total. The van der Waals surface area contributed by atoms with Gasteiger partial charge in [-0.05, 0) is 30.5 Å². The summed E-state index contributed by atoms with van der Waals surface area (Å²) < 4.78 is 75.9. The molecule has 10 heteroatoms. The second-order valence-electron chi connectivity index (χ2n) is 8.20. The molecule has 0 aromatic heterocycles. The highest BCUT2D eigenvalue weighted by Crippen LogP contribution is 2.37. The average Bonchev–Trinajstić information content (AvgIpc) is 2.99. The number of nitrogens with one attached hydrogen (secondary N) is 1. The Labute approximate surface area is 192 Å². The quantitative estimate of drug-likeness (QED) is 0.463. The van der Waals surface area contributed by atoms with Crippen LogP contribution in [0.25, 0.3) is 11.1 Å². The highest BCUT2D eigenvalue weighted by Gasteiger charge is 2.59. The molecule has 0 radical (unpaired) electrons. The number of carbonyl (C=O) groups excluding carboxylic acids is 1. The van der Waals surface area contributed by atoms with Crippen LogP contribution < -0.4 is 4.72 Å². The molecule has 2 aromatic carbocycles. The SMILES string of the molecule is CC[S+](O)N[C@@H]1[C@H](Cc2cccc(-c3cccc(F)c3F)c2)N(C(=O)C2CCO2)CC1(F)F. The third-order valence-electron chi connectivity index (χ3n) is 6.05. The number of amides is 1. The fourth-order valence-electron chi connectivity index (χ4n) is 4.22. The summed E-state index contributed by atoms with van der Waals surface area (Å²) in [5, 5.41) is 0. The molecule has 0 saturated carbocycles. The second kappa shape index (κ2) is 9.61. The molecule has 2 N–H and O–H groups in total. The summed E-state index contributed by atoms with van der Waals surface area (Å²) in [6.07, 6.45) is -0.232. The average molecular weight is 486 g/mol. The standard InChI is InChI=1S/C23H25F4N2O3S/c1-2-33(31)28-21-18(29(13-23(21,26)27)22(30)19-9-10-32-19)12-14-5-3-6-15(11-14)16-7-4-8-17(24)20(16)25/h3-8,11,18-19,21,28,31H,2,9-10,12-13H2,1H3/q+1/t18-,19?,21+,33?/m0/s1. The van der Waals surface area contributed by atoms with E-state index >= 15 is 8.78 Å². The largest absolute Gasteiger partial charge is 0.368 e. The molecule has 1 amide bonds. The Morgan fingerprint density at radius 2 is 2.00 bits per heavy atom. The number of rotatable bonds is 7. The van der Waals surface area contributed by atoms with E-state index in [0.717, 1.165) is 11.0 Å². The lowest BCUT2D eigenvalue weighted by molar-refractivity contribution is -0.158. The van der Waals surface area contributed by atoms with E-state index in [1.54, 1.807) is 31.2 Å². The van der Waals surface area contributed by atoms with E-state index in [1.807, 2.05) is 0 Å². The monoisotopic (exact) mass is 485 g/mol. The van der Waals surface area contributed by atoms with Crippen molar-refractivity contribution in [3.8, 4) is 11.1 Å². The Balaban J connectivity index is 1.66. The molecule has 4 atom stereocenters. The Bertz CT molecular complexity index is 1020. The van der Waals surface area contributed by atoms with E-state index in [-0.39, 0.29) is 17.7 Å². The van der Waals surface area contributed by atoms with Crippen molar-refractivity contribution in [1.82, 2.24) is 9.62 Å². The summed E-state index contributed by atoms with van der Waals surface area (Å²) in [6.45, 7) is 1.29. The van der Waals surface area contributed by atoms with Crippen LogP contribution in [-0.4, -0.2) is 58.4 Å². The minimum absolute atomic E-state index is 0.0391. The van der Waals surface area contributed by atoms with Crippen molar-refractivity contribution in [1.29, 1.82) is 0 Å². The van der Waals surface area contributed by atoms with Gasteiger partial charge < -0.3 is 9.64 Å². The molecule has 2 saturated heterocycles. The van der Waals surface area contributed by atoms with Crippen molar-refractivity contribution >= 4 is 17.3 Å². The van der Waals surface area contributed by atoms with Gasteiger partial charge in [-0.25, -0.2) is 17.6 Å². The zero-order valence-electron chi connectivity index (χ0n) is 17.9. The van der Waals surface area contributed by atoms with E-state index in [0.29, 0.717) is 24.2 Å². The van der Waals surface area contributed by atoms with Crippen LogP contribution in [-0.2, 0) is 27.3 Å². The minimum Gasteiger partial charge on any atom is -0.368 e. The Hall–Kier alpha value is -2.14. The molecule has 0 aliphatic carbocycles. The van der Waals surface area contributed by atoms with Gasteiger partial charge in [0.15, 0.2) is 17.4 Å². The van der Waals surface area contributed by atoms with Crippen molar-refractivity contribution in [3.63, 3.8) is 0 Å². The van der Waals surface area contributed by atoms with E-state index in [2.05, 4.69) is 4.72 Å². The molecule has 0 bridgehead atoms. The summed E-state index contributed by atoms with van der Waals surface area (Å²) >= 11 is -1.45. The van der Waals surface area contributed by atoms with Crippen LogP contribution in [0.4, 0.5) is 17.6 Å². The van der Waals surface area contributed by atoms with Gasteiger partial charge in [0, 0.05) is 12.0 Å². The van der Waals surface area contributed by atoms with Gasteiger partial charge in [0.25, 0.3) is 11.8 Å². The number of hydrogen-bond donors (Lipinski definition) is 2. The third kappa shape index (κ3) is 4.89. The topological polar surface area (TPSA) is 61.8 Å². The number of alkyl halides is 2. The van der Waals surface area contributed by atoms with Crippen molar-refractivity contribution < 1.29 is 31.6 Å². The summed E-state index contributed by atoms with van der Waals surface area (Å²) in [6, 6.07) is 7.95. The first-order valence-corrected chi connectivity index (χ1v) is 12.1. The predicted molar refractivity (Wildman–Crippen MR) is 118 cm³/mol. The first-order chi connectivity index (χ1) is 15.7. The normalized spacial score (nSPS) is 25.0. The maximum Gasteiger partial charge on any atom is 0.286 e. The zero-order valence-corrected chi connectivity index (χ0v) is 18.8. The van der Waals surface area contributed by atoms with E-state index in [9.17, 15) is 18.1 Å². The minimum atomic E-state index is -3.26. The van der Waals surface area contributed by atoms with Crippen LogP contribution in [0.3, 0.4) is 0 Å². The molecule has 2 aliphatic rings. The summed E-state index contributed by atoms with van der Waals surface area (Å²) in [5.41, 5.74) is 1.03. The molecule has 2 aliphatic heterocycles. The van der Waals surface area contributed by atoms with Crippen LogP contribution in [0.15, 0.2) is 42.5 Å². The number of nitrogens with zero attached hydrogens (tertiary/aromatic N) is 1. The third-order valence-corrected chi connectivity index (χ3v) is 7.12. The smallest absolute Gasteiger partial charge is 0.286 e. The molecule has 2 fully saturated rings. The van der Waals surface area contributed by atoms with Gasteiger partial charge in [-0.3, -0.25) is 4.79 Å². The van der Waals surface area contributed by atoms with Gasteiger partial charge in [-0.15, -0.1) is 0 Å². The van der Waals surface area contributed by atoms with Crippen LogP contribution in [0.5, 0.6) is 0 Å². The van der Waals surface area contributed by atoms with Crippen LogP contribution in [0, 0.1) is 11.6 Å². The maximum atomic E-state index is 15.0. The second-order valence-corrected chi connectivity index (χ2v) is 9.74. The maximum absolute atomic E-state index is 15.0. The first-order valence-electron chi connectivity index (χ1n) is 10.7. The van der Waals surface area contributed by atoms with Gasteiger partial charge in [0.05, 0.1) is 19.2 Å². The van der Waals surface area contributed by atoms with E-state index < -0.39 is 59.6 Å². The number of benzene rings is 2. The fraction of sp³-hybridized carbons (Fsp3) is 0.435. The van der Waals surface area contributed by atoms with Gasteiger partial charge in [-0.2, -0.15) is 4.55 Å². The van der Waals surface area contributed by atoms with Crippen LogP contribution in [0.1, 0.15) is 18.9 Å². The number of ether oxygens (including phenoxy) is 1. The molecular formula is C23H25F4N2O3S+. The van der Waals surface area contributed by atoms with Crippen molar-refractivity contribution in [2.75, 3.05) is 18.9 Å². The highest BCUT2D eigenvalue weighted by atomic mass is 32.2. The molecular weight excluding hydrogens is 460 g/mol. The van der Waals surface area contributed by atoms with Crippen molar-refractivity contribution in [2.24, 2.45) is 0 Å². The summed E-state index contributed by atoms with van der Waals surface area (Å²) in [4.78, 5) is 14.0. The van der Waals surface area contributed by atoms with Gasteiger partial charge in [0.2, 0.25) is 11.4 Å². The lowest BCUT2D eigenvalue weighted by Gasteiger charge is -2.33. The molecule has 2 unspecified atom stereocenters. The lowest BCUT2D eigenvalue weighted by atomic mass is 9.95. The molecule has 178 valence electrons. The number of hydrogen-bond acceptors (Lipinski definition) is 4. The predicted octanol–water partition coefficient (Wildman–Crippen LogP) is 3.79. The molecule has 4 rings (SSSR count). The summed E-state index contributed by atoms with van der Waals surface area (Å²) in [5.74, 6) is -5.50. The molecule has 2 heterocycles. The molecule has 33 heavy (non-hydrogen) atoms. The van der Waals surface area contributed by atoms with E-state index in [1.165, 1.54) is 12.1 Å². The fourth-order valence-corrected chi connectivity index (χ4v) is 5.01. The number of likely N-dealkylation sites (tertiary alicyclic amines) is 1. The van der Waals surface area contributed by atoms with E-state index in [4.69, 9.17) is 4.74 Å². The summed E-state index contributed by atoms with van der Waals surface area (Å²) in [7, 11) is 0. The van der Waals surface area contributed by atoms with Gasteiger partial charge in [-0.1, -0.05) is 41.1 Å². The van der Waals surface area contributed by atoms with Crippen molar-refractivity contribution in [3.05, 3.63) is 59.7 Å². The zero-order chi connectivity index (χ0) is 23.8. The molecule has 2 aromatic rings. The van der Waals surface area contributed by atoms with Gasteiger partial charge in [0.1, 0.15) is 12.1 Å². The van der Waals surface area contributed by atoms with Gasteiger partial charge >= 0.3 is 0 Å². The first kappa shape index (κ1) is 24.0. The highest BCUT2D eigenvalue weighted by molar-refractivity contribution is 7.89. The Kier molecular flexibility index (Phi) is 6.99. The van der Waals surface area contributed by atoms with Crippen LogP contribution in [0.2, 0.25) is 0 Å². The molecule has 0 spiro atoms. The number of carbonyl (C=O) groups is 1. The Morgan fingerprint density at radius 1 is 1.27 bits per heavy atom. The lowest BCUT2D eigenvalue weighted by Crippen LogP contribution is -2.54. The van der Waals surface area contributed by atoms with Crippen LogP contribution >= 0.6 is 0 Å².